The maximum Gasteiger partial charge on any atom is -0.00206 e. The molecule has 0 spiro atoms. The Kier molecular flexibility index (Phi) is 30.3. The van der Waals surface area contributed by atoms with E-state index in [4.69, 9.17) is 0 Å². The summed E-state index contributed by atoms with van der Waals surface area (Å²) in [5, 5.41) is 33.6. The lowest BCUT2D eigenvalue weighted by Crippen LogP contribution is -1.91. The standard InChI is InChI=1S/C36H24.2C24H16.2C20H14.5C2H6/c1-3-13-26(14-4-1)35-31-19-9-10-20-32(31)36(27-15-5-2-6-16-27)34-24-28(22-23-33(34)35)30-21-11-17-25-12-7-8-18-29(25)30;1-4-12-20-17(8-1)11-7-15-23(20)24-21-13-5-2-9-18(21)16-19-10-3-6-14-22(19)24;1-2-8-19-15-22-16-21(13-12-20(22)14-18(19)7-1)24-11-5-9-17-6-3-4-10-23(17)24;1-3-11-17-15(7-1)9-5-13-19(17)20-14-6-10-16-8-2-4-12-18(16)20;1-2-8-17-14-18(13-12-15(17)6-1)20-11-5-9-16-7-3-4-10-19(16)20;5*1-2/h1-24H;2*1-16H;2*1-14H;5*1-2H3. The predicted octanol–water partition coefficient (Wildman–Crippen LogP) is 40.2. The van der Waals surface area contributed by atoms with Crippen LogP contribution in [-0.4, -0.2) is 0 Å². The molecule has 650 valence electrons. The maximum absolute atomic E-state index is 2.40. The van der Waals surface area contributed by atoms with Crippen molar-refractivity contribution >= 4 is 140 Å². The predicted molar refractivity (Wildman–Crippen MR) is 595 cm³/mol. The van der Waals surface area contributed by atoms with Gasteiger partial charge >= 0.3 is 0 Å². The topological polar surface area (TPSA) is 0 Å². The van der Waals surface area contributed by atoms with Crippen molar-refractivity contribution in [2.24, 2.45) is 0 Å². The smallest absolute Gasteiger partial charge is 0.00206 e. The fourth-order valence-corrected chi connectivity index (χ4v) is 18.7. The maximum atomic E-state index is 2.40. The van der Waals surface area contributed by atoms with Gasteiger partial charge in [0.1, 0.15) is 0 Å². The van der Waals surface area contributed by atoms with Crippen LogP contribution in [0.15, 0.2) is 510 Å². The molecule has 0 aliphatic heterocycles. The quantitative estimate of drug-likeness (QED) is 0.140. The van der Waals surface area contributed by atoms with E-state index in [1.165, 1.54) is 218 Å². The molecule has 0 heterocycles. The first-order chi connectivity index (χ1) is 66.5. The second-order valence-electron chi connectivity index (χ2n) is 32.0. The first-order valence-corrected chi connectivity index (χ1v) is 47.8. The minimum atomic E-state index is 1.24. The summed E-state index contributed by atoms with van der Waals surface area (Å²) in [5.41, 5.74) is 18.0. The van der Waals surface area contributed by atoms with E-state index in [2.05, 4.69) is 510 Å². The van der Waals surface area contributed by atoms with E-state index in [0.717, 1.165) is 0 Å². The number of hydrogen-bond acceptors (Lipinski definition) is 0. The molecule has 25 aromatic carbocycles. The Morgan fingerprint density at radius 3 is 0.687 bits per heavy atom. The van der Waals surface area contributed by atoms with Crippen LogP contribution in [0, 0.1) is 0 Å². The van der Waals surface area contributed by atoms with Crippen molar-refractivity contribution < 1.29 is 0 Å². The molecule has 25 aromatic rings. The summed E-state index contributed by atoms with van der Waals surface area (Å²) >= 11 is 0. The molecule has 0 aromatic heterocycles. The van der Waals surface area contributed by atoms with Gasteiger partial charge in [0.05, 0.1) is 0 Å². The van der Waals surface area contributed by atoms with Gasteiger partial charge in [-0.2, -0.15) is 0 Å². The van der Waals surface area contributed by atoms with Crippen molar-refractivity contribution in [1.82, 2.24) is 0 Å². The Bertz CT molecular complexity index is 8130. The third-order valence-electron chi connectivity index (χ3n) is 24.6. The van der Waals surface area contributed by atoms with Gasteiger partial charge in [0.15, 0.2) is 0 Å². The van der Waals surface area contributed by atoms with E-state index in [1.54, 1.807) is 0 Å². The number of hydrogen-bond donors (Lipinski definition) is 0. The van der Waals surface area contributed by atoms with E-state index in [9.17, 15) is 0 Å². The Labute approximate surface area is 791 Å². The minimum absolute atomic E-state index is 1.24. The zero-order valence-corrected chi connectivity index (χ0v) is 78.5. The first-order valence-electron chi connectivity index (χ1n) is 47.8. The monoisotopic (exact) mass is 1720 g/mol. The summed E-state index contributed by atoms with van der Waals surface area (Å²) in [6.45, 7) is 20.0. The van der Waals surface area contributed by atoms with Crippen molar-refractivity contribution in [3.63, 3.8) is 0 Å². The third-order valence-corrected chi connectivity index (χ3v) is 24.6. The molecule has 0 bridgehead atoms. The molecule has 0 fully saturated rings. The average Bonchev–Trinajstić information content (AvgIpc) is 0.724. The molecule has 0 atom stereocenters. The summed E-state index contributed by atoms with van der Waals surface area (Å²) in [4.78, 5) is 0. The Morgan fingerprint density at radius 2 is 0.306 bits per heavy atom. The van der Waals surface area contributed by atoms with Crippen LogP contribution in [0.25, 0.3) is 218 Å². The van der Waals surface area contributed by atoms with Gasteiger partial charge < -0.3 is 0 Å². The Balaban J connectivity index is 0.000000121. The fourth-order valence-electron chi connectivity index (χ4n) is 18.7. The summed E-state index contributed by atoms with van der Waals surface area (Å²) in [7, 11) is 0. The van der Waals surface area contributed by atoms with Gasteiger partial charge in [-0.15, -0.1) is 0 Å². The van der Waals surface area contributed by atoms with Crippen molar-refractivity contribution in [2.45, 2.75) is 69.2 Å². The number of rotatable bonds is 7. The van der Waals surface area contributed by atoms with Gasteiger partial charge in [-0.1, -0.05) is 542 Å². The van der Waals surface area contributed by atoms with Crippen LogP contribution in [0.3, 0.4) is 0 Å². The van der Waals surface area contributed by atoms with E-state index >= 15 is 0 Å². The lowest BCUT2D eigenvalue weighted by Gasteiger charge is -2.19. The Morgan fingerprint density at radius 1 is 0.0896 bits per heavy atom. The van der Waals surface area contributed by atoms with Crippen molar-refractivity contribution in [1.29, 1.82) is 0 Å². The minimum Gasteiger partial charge on any atom is -0.0683 e. The van der Waals surface area contributed by atoms with Crippen LogP contribution in [0.4, 0.5) is 0 Å². The highest BCUT2D eigenvalue weighted by Gasteiger charge is 2.20. The number of fused-ring (bicyclic) bond motifs is 13. The molecular weight excluding hydrogens is 1610 g/mol. The van der Waals surface area contributed by atoms with Crippen LogP contribution >= 0.6 is 0 Å². The van der Waals surface area contributed by atoms with Crippen LogP contribution < -0.4 is 0 Å². The molecule has 0 heteroatoms. The fraction of sp³-hybridized carbons (Fsp3) is 0.0746. The van der Waals surface area contributed by atoms with Gasteiger partial charge in [-0.25, -0.2) is 0 Å². The van der Waals surface area contributed by atoms with Crippen LogP contribution in [0.5, 0.6) is 0 Å². The number of benzene rings is 25. The zero-order valence-electron chi connectivity index (χ0n) is 78.5. The normalized spacial score (nSPS) is 10.6. The molecule has 0 amide bonds. The van der Waals surface area contributed by atoms with Crippen LogP contribution in [-0.2, 0) is 0 Å². The lowest BCUT2D eigenvalue weighted by molar-refractivity contribution is 1.50. The SMILES string of the molecule is CC.CC.CC.CC.CC.c1ccc(-c2c3ccccc3c(-c3ccccc3)c3cc(-c4cccc5ccccc45)ccc23)cc1.c1ccc2c(-c3c4ccccc4cc4ccccc34)cccc2c1.c1ccc2c(-c3cccc4ccccc34)cccc2c1.c1ccc2cc(-c3cccc4ccccc34)ccc2c1.c1ccc2cc3cc(-c4cccc5ccccc45)ccc3cc2c1. The van der Waals surface area contributed by atoms with Gasteiger partial charge in [0.2, 0.25) is 0 Å². The Hall–Kier alpha value is -16.1. The van der Waals surface area contributed by atoms with E-state index < -0.39 is 0 Å². The summed E-state index contributed by atoms with van der Waals surface area (Å²) in [6, 6.07) is 183. The molecule has 0 saturated carbocycles. The molecule has 0 unspecified atom stereocenters. The van der Waals surface area contributed by atoms with Gasteiger partial charge in [0.25, 0.3) is 0 Å². The molecular formula is C134H114. The van der Waals surface area contributed by atoms with Crippen molar-refractivity contribution in [3.8, 4) is 77.9 Å². The molecule has 0 nitrogen and oxygen atoms in total. The summed E-state index contributed by atoms with van der Waals surface area (Å²) in [6.07, 6.45) is 0. The summed E-state index contributed by atoms with van der Waals surface area (Å²) < 4.78 is 0. The van der Waals surface area contributed by atoms with Gasteiger partial charge in [0, 0.05) is 0 Å². The molecule has 25 rings (SSSR count). The average molecular weight is 1720 g/mol. The third kappa shape index (κ3) is 19.5. The summed E-state index contributed by atoms with van der Waals surface area (Å²) in [5.74, 6) is 0. The van der Waals surface area contributed by atoms with E-state index in [1.807, 2.05) is 69.2 Å². The van der Waals surface area contributed by atoms with Gasteiger partial charge in [-0.05, 0) is 254 Å². The first kappa shape index (κ1) is 91.2. The van der Waals surface area contributed by atoms with Gasteiger partial charge in [-0.3, -0.25) is 0 Å². The molecule has 134 heavy (non-hydrogen) atoms. The molecule has 0 N–H and O–H groups in total. The van der Waals surface area contributed by atoms with Crippen LogP contribution in [0.1, 0.15) is 69.2 Å². The highest BCUT2D eigenvalue weighted by atomic mass is 14.2. The highest BCUT2D eigenvalue weighted by Crippen LogP contribution is 2.47. The van der Waals surface area contributed by atoms with E-state index in [0.29, 0.717) is 0 Å². The molecule has 0 aliphatic carbocycles. The second-order valence-corrected chi connectivity index (χ2v) is 32.0. The largest absolute Gasteiger partial charge is 0.0683 e. The van der Waals surface area contributed by atoms with Crippen molar-refractivity contribution in [3.05, 3.63) is 510 Å². The molecule has 0 aliphatic rings. The van der Waals surface area contributed by atoms with Crippen LogP contribution in [0.2, 0.25) is 0 Å². The molecule has 0 radical (unpaired) electrons. The second kappa shape index (κ2) is 44.5. The van der Waals surface area contributed by atoms with Crippen molar-refractivity contribution in [2.75, 3.05) is 0 Å². The highest BCUT2D eigenvalue weighted by molar-refractivity contribution is 6.23. The lowest BCUT2D eigenvalue weighted by atomic mass is 9.84. The zero-order chi connectivity index (χ0) is 92.5. The van der Waals surface area contributed by atoms with E-state index in [-0.39, 0.29) is 0 Å². The molecule has 0 saturated heterocycles.